The number of carbonyl (C=O) groups excluding carboxylic acids is 1. The van der Waals surface area contributed by atoms with Crippen LogP contribution in [-0.2, 0) is 9.53 Å². The standard InChI is InChI=1S/C10H18N2O2/c1-12(7-3-2-4-7)10(13)8-5-14-6-9(8)11/h7-9H,2-6,11H2,1H3. The Balaban J connectivity index is 1.92. The number of hydrogen-bond donors (Lipinski definition) is 1. The van der Waals surface area contributed by atoms with E-state index < -0.39 is 0 Å². The van der Waals surface area contributed by atoms with Crippen LogP contribution in [0.25, 0.3) is 0 Å². The van der Waals surface area contributed by atoms with Crippen molar-refractivity contribution in [2.45, 2.75) is 31.3 Å². The fourth-order valence-electron chi connectivity index (χ4n) is 2.04. The minimum atomic E-state index is -0.111. The van der Waals surface area contributed by atoms with Gasteiger partial charge < -0.3 is 15.4 Å². The summed E-state index contributed by atoms with van der Waals surface area (Å²) in [6.07, 6.45) is 3.53. The van der Waals surface area contributed by atoms with Crippen LogP contribution in [0, 0.1) is 5.92 Å². The maximum Gasteiger partial charge on any atom is 0.229 e. The van der Waals surface area contributed by atoms with Gasteiger partial charge in [-0.25, -0.2) is 0 Å². The van der Waals surface area contributed by atoms with Crippen molar-refractivity contribution < 1.29 is 9.53 Å². The minimum absolute atomic E-state index is 0.106. The van der Waals surface area contributed by atoms with Crippen molar-refractivity contribution in [3.8, 4) is 0 Å². The number of nitrogens with two attached hydrogens (primary N) is 1. The fourth-order valence-corrected chi connectivity index (χ4v) is 2.04. The maximum atomic E-state index is 12.0. The van der Waals surface area contributed by atoms with Gasteiger partial charge in [0.15, 0.2) is 0 Å². The molecule has 0 radical (unpaired) electrons. The predicted octanol–water partition coefficient (Wildman–Crippen LogP) is -0.0290. The van der Waals surface area contributed by atoms with Crippen LogP contribution in [-0.4, -0.2) is 43.2 Å². The number of hydrogen-bond acceptors (Lipinski definition) is 3. The molecule has 1 saturated heterocycles. The Morgan fingerprint density at radius 2 is 2.14 bits per heavy atom. The number of nitrogens with zero attached hydrogens (tertiary/aromatic N) is 1. The average molecular weight is 198 g/mol. The van der Waals surface area contributed by atoms with E-state index in [1.54, 1.807) is 0 Å². The number of amides is 1. The Labute approximate surface area is 84.4 Å². The number of rotatable bonds is 2. The lowest BCUT2D eigenvalue weighted by Gasteiger charge is -2.36. The summed E-state index contributed by atoms with van der Waals surface area (Å²) >= 11 is 0. The molecule has 14 heavy (non-hydrogen) atoms. The van der Waals surface area contributed by atoms with E-state index in [9.17, 15) is 4.79 Å². The zero-order valence-electron chi connectivity index (χ0n) is 8.61. The minimum Gasteiger partial charge on any atom is -0.379 e. The van der Waals surface area contributed by atoms with Crippen LogP contribution in [0.3, 0.4) is 0 Å². The molecule has 0 aromatic carbocycles. The number of carbonyl (C=O) groups is 1. The van der Waals surface area contributed by atoms with Gasteiger partial charge in [0.25, 0.3) is 0 Å². The summed E-state index contributed by atoms with van der Waals surface area (Å²) in [7, 11) is 1.89. The van der Waals surface area contributed by atoms with E-state index in [1.807, 2.05) is 11.9 Å². The lowest BCUT2D eigenvalue weighted by atomic mass is 9.90. The monoisotopic (exact) mass is 198 g/mol. The predicted molar refractivity (Wildman–Crippen MR) is 52.7 cm³/mol. The van der Waals surface area contributed by atoms with Gasteiger partial charge in [-0.2, -0.15) is 0 Å². The Morgan fingerprint density at radius 1 is 1.43 bits per heavy atom. The zero-order valence-corrected chi connectivity index (χ0v) is 8.61. The topological polar surface area (TPSA) is 55.6 Å². The normalized spacial score (nSPS) is 32.7. The van der Waals surface area contributed by atoms with Gasteiger partial charge in [-0.15, -0.1) is 0 Å². The molecule has 2 aliphatic rings. The Morgan fingerprint density at radius 3 is 2.57 bits per heavy atom. The van der Waals surface area contributed by atoms with Gasteiger partial charge in [-0.05, 0) is 19.3 Å². The quantitative estimate of drug-likeness (QED) is 0.678. The molecule has 2 rings (SSSR count). The van der Waals surface area contributed by atoms with Crippen molar-refractivity contribution in [1.82, 2.24) is 4.90 Å². The third kappa shape index (κ3) is 1.64. The molecule has 2 fully saturated rings. The molecule has 0 spiro atoms. The first kappa shape index (κ1) is 9.93. The van der Waals surface area contributed by atoms with Crippen molar-refractivity contribution in [2.24, 2.45) is 11.7 Å². The second-order valence-electron chi connectivity index (χ2n) is 4.34. The molecular weight excluding hydrogens is 180 g/mol. The van der Waals surface area contributed by atoms with E-state index >= 15 is 0 Å². The average Bonchev–Trinajstić information content (AvgIpc) is 2.47. The first-order chi connectivity index (χ1) is 6.70. The molecule has 0 bridgehead atoms. The van der Waals surface area contributed by atoms with Crippen molar-refractivity contribution in [1.29, 1.82) is 0 Å². The second kappa shape index (κ2) is 3.87. The van der Waals surface area contributed by atoms with E-state index in [4.69, 9.17) is 10.5 Å². The maximum absolute atomic E-state index is 12.0. The highest BCUT2D eigenvalue weighted by Gasteiger charge is 2.36. The molecular formula is C10H18N2O2. The number of ether oxygens (including phenoxy) is 1. The molecule has 1 aliphatic heterocycles. The largest absolute Gasteiger partial charge is 0.379 e. The Kier molecular flexibility index (Phi) is 2.74. The summed E-state index contributed by atoms with van der Waals surface area (Å²) in [6.45, 7) is 1.02. The van der Waals surface area contributed by atoms with Crippen LogP contribution in [0.4, 0.5) is 0 Å². The van der Waals surface area contributed by atoms with E-state index in [0.717, 1.165) is 12.8 Å². The summed E-state index contributed by atoms with van der Waals surface area (Å²) in [5, 5.41) is 0. The molecule has 2 N–H and O–H groups in total. The van der Waals surface area contributed by atoms with Gasteiger partial charge in [0.2, 0.25) is 5.91 Å². The van der Waals surface area contributed by atoms with Crippen molar-refractivity contribution in [3.63, 3.8) is 0 Å². The summed E-state index contributed by atoms with van der Waals surface area (Å²) < 4.78 is 5.20. The summed E-state index contributed by atoms with van der Waals surface area (Å²) in [5.74, 6) is 0.0558. The van der Waals surface area contributed by atoms with Crippen LogP contribution in [0.1, 0.15) is 19.3 Å². The van der Waals surface area contributed by atoms with Gasteiger partial charge in [-0.1, -0.05) is 0 Å². The van der Waals surface area contributed by atoms with Crippen molar-refractivity contribution >= 4 is 5.91 Å². The van der Waals surface area contributed by atoms with Gasteiger partial charge in [0.05, 0.1) is 19.1 Å². The van der Waals surface area contributed by atoms with E-state index in [0.29, 0.717) is 19.3 Å². The van der Waals surface area contributed by atoms with Gasteiger partial charge in [0, 0.05) is 19.1 Å². The van der Waals surface area contributed by atoms with Gasteiger partial charge >= 0.3 is 0 Å². The van der Waals surface area contributed by atoms with Crippen molar-refractivity contribution in [2.75, 3.05) is 20.3 Å². The van der Waals surface area contributed by atoms with E-state index in [-0.39, 0.29) is 17.9 Å². The molecule has 0 aromatic rings. The van der Waals surface area contributed by atoms with Crippen LogP contribution in [0.15, 0.2) is 0 Å². The summed E-state index contributed by atoms with van der Waals surface area (Å²) in [4.78, 5) is 13.8. The fraction of sp³-hybridized carbons (Fsp3) is 0.900. The smallest absolute Gasteiger partial charge is 0.229 e. The van der Waals surface area contributed by atoms with E-state index in [2.05, 4.69) is 0 Å². The molecule has 1 amide bonds. The lowest BCUT2D eigenvalue weighted by Crippen LogP contribution is -2.48. The van der Waals surface area contributed by atoms with Gasteiger partial charge in [-0.3, -0.25) is 4.79 Å². The molecule has 80 valence electrons. The molecule has 4 nitrogen and oxygen atoms in total. The van der Waals surface area contributed by atoms with Gasteiger partial charge in [0.1, 0.15) is 0 Å². The van der Waals surface area contributed by atoms with E-state index in [1.165, 1.54) is 6.42 Å². The summed E-state index contributed by atoms with van der Waals surface area (Å²) in [6, 6.07) is 0.348. The first-order valence-electron chi connectivity index (χ1n) is 5.30. The highest BCUT2D eigenvalue weighted by Crippen LogP contribution is 2.26. The van der Waals surface area contributed by atoms with Crippen LogP contribution in [0.2, 0.25) is 0 Å². The highest BCUT2D eigenvalue weighted by atomic mass is 16.5. The van der Waals surface area contributed by atoms with Crippen LogP contribution >= 0.6 is 0 Å². The summed E-state index contributed by atoms with van der Waals surface area (Å²) in [5.41, 5.74) is 5.80. The first-order valence-corrected chi connectivity index (χ1v) is 5.30. The molecule has 2 unspecified atom stereocenters. The second-order valence-corrected chi connectivity index (χ2v) is 4.34. The molecule has 1 aliphatic carbocycles. The zero-order chi connectivity index (χ0) is 10.1. The van der Waals surface area contributed by atoms with Crippen LogP contribution in [0.5, 0.6) is 0 Å². The Hall–Kier alpha value is -0.610. The van der Waals surface area contributed by atoms with Crippen molar-refractivity contribution in [3.05, 3.63) is 0 Å². The molecule has 0 aromatic heterocycles. The highest BCUT2D eigenvalue weighted by molar-refractivity contribution is 5.80. The molecule has 1 saturated carbocycles. The van der Waals surface area contributed by atoms with Crippen LogP contribution < -0.4 is 5.73 Å². The third-order valence-corrected chi connectivity index (χ3v) is 3.41. The lowest BCUT2D eigenvalue weighted by molar-refractivity contribution is -0.138. The molecule has 4 heteroatoms. The SMILES string of the molecule is CN(C(=O)C1COCC1N)C1CCC1. The third-order valence-electron chi connectivity index (χ3n) is 3.41. The molecule has 1 heterocycles. The molecule has 2 atom stereocenters. The Bertz CT molecular complexity index is 228.